The van der Waals surface area contributed by atoms with Crippen molar-refractivity contribution in [2.45, 2.75) is 18.9 Å². The van der Waals surface area contributed by atoms with E-state index in [0.29, 0.717) is 0 Å². The van der Waals surface area contributed by atoms with E-state index in [1.54, 1.807) is 0 Å². The minimum absolute atomic E-state index is 0.724. The second kappa shape index (κ2) is 4.72. The van der Waals surface area contributed by atoms with Crippen molar-refractivity contribution in [1.82, 2.24) is 10.3 Å². The monoisotopic (exact) mass is 228 g/mol. The number of aromatic nitrogens is 1. The molecule has 2 aromatic rings. The van der Waals surface area contributed by atoms with Crippen LogP contribution in [0.4, 0.5) is 0 Å². The molecule has 17 heavy (non-hydrogen) atoms. The largest absolute Gasteiger partial charge is 0.492 e. The molecule has 0 atom stereocenters. The fourth-order valence-electron chi connectivity index (χ4n) is 1.86. The maximum absolute atomic E-state index is 5.70. The summed E-state index contributed by atoms with van der Waals surface area (Å²) in [5.74, 6) is 0.920. The zero-order valence-corrected chi connectivity index (χ0v) is 9.73. The molecule has 88 valence electrons. The lowest BCUT2D eigenvalue weighted by atomic mass is 10.2. The van der Waals surface area contributed by atoms with Gasteiger partial charge in [-0.1, -0.05) is 6.07 Å². The Bertz CT molecular complexity index is 508. The van der Waals surface area contributed by atoms with Crippen LogP contribution in [0, 0.1) is 0 Å². The molecule has 0 amide bonds. The predicted molar refractivity (Wildman–Crippen MR) is 68.3 cm³/mol. The van der Waals surface area contributed by atoms with Crippen molar-refractivity contribution in [1.29, 1.82) is 0 Å². The molecule has 0 unspecified atom stereocenters. The molecule has 1 aliphatic rings. The van der Waals surface area contributed by atoms with Crippen molar-refractivity contribution in [2.75, 3.05) is 13.2 Å². The Morgan fingerprint density at radius 2 is 2.24 bits per heavy atom. The summed E-state index contributed by atoms with van der Waals surface area (Å²) < 4.78 is 5.70. The Kier molecular flexibility index (Phi) is 2.92. The Balaban J connectivity index is 1.59. The smallest absolute Gasteiger partial charge is 0.120 e. The summed E-state index contributed by atoms with van der Waals surface area (Å²) in [5, 5.41) is 4.55. The number of ether oxygens (including phenoxy) is 1. The summed E-state index contributed by atoms with van der Waals surface area (Å²) in [6, 6.07) is 10.8. The van der Waals surface area contributed by atoms with E-state index in [-0.39, 0.29) is 0 Å². The highest BCUT2D eigenvalue weighted by atomic mass is 16.5. The molecule has 0 spiro atoms. The molecular weight excluding hydrogens is 212 g/mol. The molecule has 3 rings (SSSR count). The first-order valence-corrected chi connectivity index (χ1v) is 6.13. The molecule has 0 aliphatic heterocycles. The van der Waals surface area contributed by atoms with Gasteiger partial charge in [-0.2, -0.15) is 0 Å². The molecule has 0 radical (unpaired) electrons. The van der Waals surface area contributed by atoms with E-state index in [1.165, 1.54) is 12.8 Å². The summed E-state index contributed by atoms with van der Waals surface area (Å²) >= 11 is 0. The molecule has 3 nitrogen and oxygen atoms in total. The maximum Gasteiger partial charge on any atom is 0.120 e. The fourth-order valence-corrected chi connectivity index (χ4v) is 1.86. The number of pyridine rings is 1. The van der Waals surface area contributed by atoms with E-state index in [4.69, 9.17) is 4.74 Å². The second-order valence-corrected chi connectivity index (χ2v) is 4.43. The van der Waals surface area contributed by atoms with Gasteiger partial charge in [0.1, 0.15) is 12.4 Å². The quantitative estimate of drug-likeness (QED) is 0.798. The number of hydrogen-bond acceptors (Lipinski definition) is 3. The normalized spacial score (nSPS) is 15.1. The number of benzene rings is 1. The molecule has 1 aromatic carbocycles. The summed E-state index contributed by atoms with van der Waals surface area (Å²) in [4.78, 5) is 4.28. The molecule has 1 N–H and O–H groups in total. The van der Waals surface area contributed by atoms with Crippen LogP contribution >= 0.6 is 0 Å². The van der Waals surface area contributed by atoms with E-state index in [0.717, 1.165) is 35.8 Å². The number of rotatable bonds is 5. The standard InChI is InChI=1S/C14H16N2O/c1-2-11-10-13(5-6-14(11)16-7-1)17-9-8-15-12-3-4-12/h1-2,5-7,10,12,15H,3-4,8-9H2. The SMILES string of the molecule is c1cnc2ccc(OCCNC3CC3)cc2c1. The minimum atomic E-state index is 0.724. The Morgan fingerprint density at radius 3 is 3.12 bits per heavy atom. The third-order valence-corrected chi connectivity index (χ3v) is 2.96. The molecule has 1 aromatic heterocycles. The summed E-state index contributed by atoms with van der Waals surface area (Å²) in [6.07, 6.45) is 4.45. The Morgan fingerprint density at radius 1 is 1.29 bits per heavy atom. The fraction of sp³-hybridized carbons (Fsp3) is 0.357. The lowest BCUT2D eigenvalue weighted by Crippen LogP contribution is -2.22. The molecule has 1 fully saturated rings. The summed E-state index contributed by atoms with van der Waals surface area (Å²) in [7, 11) is 0. The van der Waals surface area contributed by atoms with Crippen LogP contribution in [0.15, 0.2) is 36.5 Å². The van der Waals surface area contributed by atoms with E-state index in [9.17, 15) is 0 Å². The predicted octanol–water partition coefficient (Wildman–Crippen LogP) is 2.37. The van der Waals surface area contributed by atoms with E-state index >= 15 is 0 Å². The topological polar surface area (TPSA) is 34.1 Å². The highest BCUT2D eigenvalue weighted by molar-refractivity contribution is 5.79. The van der Waals surface area contributed by atoms with E-state index in [1.807, 2.05) is 30.5 Å². The molecule has 1 heterocycles. The van der Waals surface area contributed by atoms with Gasteiger partial charge in [0.15, 0.2) is 0 Å². The van der Waals surface area contributed by atoms with Gasteiger partial charge in [-0.15, -0.1) is 0 Å². The molecule has 3 heteroatoms. The van der Waals surface area contributed by atoms with Crippen molar-refractivity contribution in [3.05, 3.63) is 36.5 Å². The number of nitrogens with zero attached hydrogens (tertiary/aromatic N) is 1. The maximum atomic E-state index is 5.70. The van der Waals surface area contributed by atoms with Gasteiger partial charge >= 0.3 is 0 Å². The number of fused-ring (bicyclic) bond motifs is 1. The van der Waals surface area contributed by atoms with E-state index in [2.05, 4.69) is 16.4 Å². The van der Waals surface area contributed by atoms with E-state index < -0.39 is 0 Å². The molecule has 0 saturated heterocycles. The number of nitrogens with one attached hydrogen (secondary N) is 1. The first kappa shape index (κ1) is 10.5. The minimum Gasteiger partial charge on any atom is -0.492 e. The molecule has 1 saturated carbocycles. The number of hydrogen-bond donors (Lipinski definition) is 1. The highest BCUT2D eigenvalue weighted by Gasteiger charge is 2.19. The van der Waals surface area contributed by atoms with Gasteiger partial charge in [-0.25, -0.2) is 0 Å². The summed E-state index contributed by atoms with van der Waals surface area (Å²) in [5.41, 5.74) is 1.01. The third-order valence-electron chi connectivity index (χ3n) is 2.96. The lowest BCUT2D eigenvalue weighted by Gasteiger charge is -2.07. The Hall–Kier alpha value is -1.61. The summed E-state index contributed by atoms with van der Waals surface area (Å²) in [6.45, 7) is 1.65. The van der Waals surface area contributed by atoms with Gasteiger partial charge < -0.3 is 10.1 Å². The van der Waals surface area contributed by atoms with Crippen molar-refractivity contribution in [3.8, 4) is 5.75 Å². The first-order chi connectivity index (χ1) is 8.42. The van der Waals surface area contributed by atoms with Crippen LogP contribution in [0.1, 0.15) is 12.8 Å². The zero-order valence-electron chi connectivity index (χ0n) is 9.73. The average molecular weight is 228 g/mol. The first-order valence-electron chi connectivity index (χ1n) is 6.13. The van der Waals surface area contributed by atoms with Crippen LogP contribution < -0.4 is 10.1 Å². The van der Waals surface area contributed by atoms with Crippen molar-refractivity contribution < 1.29 is 4.74 Å². The average Bonchev–Trinajstić information content (AvgIpc) is 3.18. The van der Waals surface area contributed by atoms with Crippen molar-refractivity contribution >= 4 is 10.9 Å². The van der Waals surface area contributed by atoms with Crippen molar-refractivity contribution in [3.63, 3.8) is 0 Å². The molecular formula is C14H16N2O. The second-order valence-electron chi connectivity index (χ2n) is 4.43. The van der Waals surface area contributed by atoms with Crippen LogP contribution in [0.5, 0.6) is 5.75 Å². The van der Waals surface area contributed by atoms with Crippen LogP contribution in [0.2, 0.25) is 0 Å². The zero-order chi connectivity index (χ0) is 11.5. The lowest BCUT2D eigenvalue weighted by molar-refractivity contribution is 0.314. The molecule has 0 bridgehead atoms. The van der Waals surface area contributed by atoms with Crippen LogP contribution in [-0.2, 0) is 0 Å². The van der Waals surface area contributed by atoms with Gasteiger partial charge in [-0.05, 0) is 37.1 Å². The Labute approximate surface area is 101 Å². The van der Waals surface area contributed by atoms with Gasteiger partial charge in [0.2, 0.25) is 0 Å². The van der Waals surface area contributed by atoms with Crippen LogP contribution in [0.3, 0.4) is 0 Å². The van der Waals surface area contributed by atoms with Gasteiger partial charge in [0.25, 0.3) is 0 Å². The third kappa shape index (κ3) is 2.74. The van der Waals surface area contributed by atoms with Crippen LogP contribution in [0.25, 0.3) is 10.9 Å². The van der Waals surface area contributed by atoms with Gasteiger partial charge in [0, 0.05) is 24.2 Å². The molecule has 1 aliphatic carbocycles. The highest BCUT2D eigenvalue weighted by Crippen LogP contribution is 2.19. The van der Waals surface area contributed by atoms with Crippen LogP contribution in [-0.4, -0.2) is 24.2 Å². The van der Waals surface area contributed by atoms with Gasteiger partial charge in [-0.3, -0.25) is 4.98 Å². The van der Waals surface area contributed by atoms with Gasteiger partial charge in [0.05, 0.1) is 5.52 Å². The van der Waals surface area contributed by atoms with Crippen molar-refractivity contribution in [2.24, 2.45) is 0 Å².